The second-order valence-electron chi connectivity index (χ2n) is 7.28. The second kappa shape index (κ2) is 10.2. The van der Waals surface area contributed by atoms with Gasteiger partial charge in [0.15, 0.2) is 5.16 Å². The summed E-state index contributed by atoms with van der Waals surface area (Å²) in [5.74, 6) is 0.977. The van der Waals surface area contributed by atoms with Crippen LogP contribution in [0.25, 0.3) is 10.8 Å². The Bertz CT molecular complexity index is 1300. The highest BCUT2D eigenvalue weighted by Crippen LogP contribution is 2.24. The molecule has 0 aliphatic rings. The molecule has 2 amide bonds. The Morgan fingerprint density at radius 3 is 2.61 bits per heavy atom. The quantitative estimate of drug-likeness (QED) is 0.387. The highest BCUT2D eigenvalue weighted by atomic mass is 32.2. The number of carbonyl (C=O) groups excluding carboxylic acids is 2. The lowest BCUT2D eigenvalue weighted by Gasteiger charge is -2.09. The van der Waals surface area contributed by atoms with Crippen LogP contribution in [0.1, 0.15) is 5.82 Å². The van der Waals surface area contributed by atoms with E-state index < -0.39 is 0 Å². The Balaban J connectivity index is 1.33. The maximum Gasteiger partial charge on any atom is 0.234 e. The van der Waals surface area contributed by atoms with Crippen molar-refractivity contribution in [3.63, 3.8) is 0 Å². The molecule has 2 N–H and O–H groups in total. The summed E-state index contributed by atoms with van der Waals surface area (Å²) in [7, 11) is 3.35. The standard InChI is InChI=1S/C24H23N5O3S/c1-29-21(14-22(30)25-17-9-6-10-18(13-17)32-2)27-28-24(29)33-15-23(31)26-20-12-5-8-16-7-3-4-11-19(16)20/h3-13H,14-15H2,1-2H3,(H,25,30)(H,26,31). The fourth-order valence-electron chi connectivity index (χ4n) is 3.33. The van der Waals surface area contributed by atoms with E-state index in [-0.39, 0.29) is 24.0 Å². The average Bonchev–Trinajstić information content (AvgIpc) is 3.17. The maximum absolute atomic E-state index is 12.5. The molecule has 0 unspecified atom stereocenters. The highest BCUT2D eigenvalue weighted by molar-refractivity contribution is 7.99. The van der Waals surface area contributed by atoms with Crippen LogP contribution in [0.5, 0.6) is 5.75 Å². The van der Waals surface area contributed by atoms with E-state index in [0.717, 1.165) is 16.5 Å². The van der Waals surface area contributed by atoms with E-state index in [9.17, 15) is 9.59 Å². The summed E-state index contributed by atoms with van der Waals surface area (Å²) < 4.78 is 6.89. The normalized spacial score (nSPS) is 10.7. The van der Waals surface area contributed by atoms with Gasteiger partial charge in [-0.05, 0) is 23.6 Å². The van der Waals surface area contributed by atoms with Gasteiger partial charge in [0.05, 0.1) is 19.3 Å². The molecule has 0 atom stereocenters. The monoisotopic (exact) mass is 461 g/mol. The van der Waals surface area contributed by atoms with Crippen LogP contribution < -0.4 is 15.4 Å². The van der Waals surface area contributed by atoms with Gasteiger partial charge in [-0.2, -0.15) is 0 Å². The number of thioether (sulfide) groups is 1. The van der Waals surface area contributed by atoms with Gasteiger partial charge in [0.1, 0.15) is 11.6 Å². The van der Waals surface area contributed by atoms with Crippen LogP contribution in [-0.2, 0) is 23.1 Å². The van der Waals surface area contributed by atoms with E-state index in [1.54, 1.807) is 43.0 Å². The lowest BCUT2D eigenvalue weighted by molar-refractivity contribution is -0.116. The fourth-order valence-corrected chi connectivity index (χ4v) is 4.06. The molecule has 3 aromatic carbocycles. The van der Waals surface area contributed by atoms with Crippen LogP contribution in [0.15, 0.2) is 71.9 Å². The molecule has 0 fully saturated rings. The molecule has 0 bridgehead atoms. The summed E-state index contributed by atoms with van der Waals surface area (Å²) in [6, 6.07) is 20.8. The highest BCUT2D eigenvalue weighted by Gasteiger charge is 2.15. The van der Waals surface area contributed by atoms with Gasteiger partial charge in [-0.25, -0.2) is 0 Å². The second-order valence-corrected chi connectivity index (χ2v) is 8.22. The largest absolute Gasteiger partial charge is 0.497 e. The van der Waals surface area contributed by atoms with E-state index in [2.05, 4.69) is 20.8 Å². The molecule has 168 valence electrons. The Labute approximate surface area is 195 Å². The van der Waals surface area contributed by atoms with Gasteiger partial charge in [-0.3, -0.25) is 9.59 Å². The number of aromatic nitrogens is 3. The van der Waals surface area contributed by atoms with Crippen LogP contribution in [0, 0.1) is 0 Å². The van der Waals surface area contributed by atoms with Gasteiger partial charge < -0.3 is 19.9 Å². The third-order valence-corrected chi connectivity index (χ3v) is 6.01. The summed E-state index contributed by atoms with van der Waals surface area (Å²) in [5.41, 5.74) is 1.41. The van der Waals surface area contributed by atoms with Crippen molar-refractivity contribution in [1.29, 1.82) is 0 Å². The van der Waals surface area contributed by atoms with Gasteiger partial charge >= 0.3 is 0 Å². The minimum Gasteiger partial charge on any atom is -0.497 e. The zero-order chi connectivity index (χ0) is 23.2. The number of fused-ring (bicyclic) bond motifs is 1. The molecule has 0 saturated heterocycles. The van der Waals surface area contributed by atoms with E-state index in [1.807, 2.05) is 42.5 Å². The van der Waals surface area contributed by atoms with Gasteiger partial charge in [0, 0.05) is 29.9 Å². The van der Waals surface area contributed by atoms with Crippen LogP contribution in [0.3, 0.4) is 0 Å². The number of nitrogens with one attached hydrogen (secondary N) is 2. The molecule has 1 heterocycles. The number of hydrogen-bond donors (Lipinski definition) is 2. The first kappa shape index (κ1) is 22.3. The molecule has 0 aliphatic carbocycles. The van der Waals surface area contributed by atoms with Crippen molar-refractivity contribution in [2.45, 2.75) is 11.6 Å². The SMILES string of the molecule is COc1cccc(NC(=O)Cc2nnc(SCC(=O)Nc3cccc4ccccc34)n2C)c1. The predicted octanol–water partition coefficient (Wildman–Crippen LogP) is 3.89. The van der Waals surface area contributed by atoms with Crippen LogP contribution in [0.4, 0.5) is 11.4 Å². The molecule has 4 aromatic rings. The molecule has 0 radical (unpaired) electrons. The number of nitrogens with zero attached hydrogens (tertiary/aromatic N) is 3. The molecule has 9 heteroatoms. The zero-order valence-corrected chi connectivity index (χ0v) is 19.1. The minimum absolute atomic E-state index is 0.0590. The summed E-state index contributed by atoms with van der Waals surface area (Å²) in [6.07, 6.45) is 0.0590. The average molecular weight is 462 g/mol. The molecule has 0 saturated carbocycles. The number of anilines is 2. The smallest absolute Gasteiger partial charge is 0.234 e. The van der Waals surface area contributed by atoms with Crippen molar-refractivity contribution < 1.29 is 14.3 Å². The van der Waals surface area contributed by atoms with E-state index in [4.69, 9.17) is 4.74 Å². The van der Waals surface area contributed by atoms with Crippen molar-refractivity contribution in [2.24, 2.45) is 7.05 Å². The van der Waals surface area contributed by atoms with Gasteiger partial charge in [-0.1, -0.05) is 54.2 Å². The Morgan fingerprint density at radius 2 is 1.76 bits per heavy atom. The Hall–Kier alpha value is -3.85. The zero-order valence-electron chi connectivity index (χ0n) is 18.2. The third kappa shape index (κ3) is 5.50. The molecule has 0 aliphatic heterocycles. The van der Waals surface area contributed by atoms with E-state index in [0.29, 0.717) is 22.4 Å². The first-order valence-electron chi connectivity index (χ1n) is 10.3. The fraction of sp³-hybridized carbons (Fsp3) is 0.167. The lowest BCUT2D eigenvalue weighted by Crippen LogP contribution is -2.17. The third-order valence-electron chi connectivity index (χ3n) is 4.99. The van der Waals surface area contributed by atoms with Gasteiger partial charge in [0.25, 0.3) is 0 Å². The van der Waals surface area contributed by atoms with Crippen LogP contribution in [-0.4, -0.2) is 39.4 Å². The molecule has 0 spiro atoms. The molecule has 33 heavy (non-hydrogen) atoms. The predicted molar refractivity (Wildman–Crippen MR) is 130 cm³/mol. The summed E-state index contributed by atoms with van der Waals surface area (Å²) in [6.45, 7) is 0. The topological polar surface area (TPSA) is 98.1 Å². The number of ether oxygens (including phenoxy) is 1. The lowest BCUT2D eigenvalue weighted by atomic mass is 10.1. The van der Waals surface area contributed by atoms with Crippen molar-refractivity contribution in [3.8, 4) is 5.75 Å². The number of methoxy groups -OCH3 is 1. The Kier molecular flexibility index (Phi) is 6.89. The van der Waals surface area contributed by atoms with E-state index >= 15 is 0 Å². The summed E-state index contributed by atoms with van der Waals surface area (Å²) in [4.78, 5) is 24.9. The maximum atomic E-state index is 12.5. The van der Waals surface area contributed by atoms with Crippen molar-refractivity contribution in [1.82, 2.24) is 14.8 Å². The first-order chi connectivity index (χ1) is 16.0. The number of hydrogen-bond acceptors (Lipinski definition) is 6. The van der Waals surface area contributed by atoms with E-state index in [1.165, 1.54) is 11.8 Å². The number of amides is 2. The van der Waals surface area contributed by atoms with Crippen LogP contribution >= 0.6 is 11.8 Å². The Morgan fingerprint density at radius 1 is 0.970 bits per heavy atom. The summed E-state index contributed by atoms with van der Waals surface area (Å²) >= 11 is 1.27. The van der Waals surface area contributed by atoms with Crippen molar-refractivity contribution in [2.75, 3.05) is 23.5 Å². The number of benzene rings is 3. The summed E-state index contributed by atoms with van der Waals surface area (Å²) in [5, 5.41) is 16.6. The minimum atomic E-state index is -0.219. The molecule has 8 nitrogen and oxygen atoms in total. The molecular weight excluding hydrogens is 438 g/mol. The molecular formula is C24H23N5O3S. The number of carbonyl (C=O) groups is 2. The first-order valence-corrected chi connectivity index (χ1v) is 11.2. The molecule has 1 aromatic heterocycles. The molecule has 4 rings (SSSR count). The number of rotatable bonds is 8. The van der Waals surface area contributed by atoms with Crippen molar-refractivity contribution in [3.05, 3.63) is 72.6 Å². The van der Waals surface area contributed by atoms with Gasteiger partial charge in [-0.15, -0.1) is 10.2 Å². The van der Waals surface area contributed by atoms with Crippen molar-refractivity contribution >= 4 is 45.7 Å². The van der Waals surface area contributed by atoms with Crippen LogP contribution in [0.2, 0.25) is 0 Å². The van der Waals surface area contributed by atoms with Gasteiger partial charge in [0.2, 0.25) is 11.8 Å².